The first-order chi connectivity index (χ1) is 7.09. The smallest absolute Gasteiger partial charge is 0.195 e. The third-order valence-corrected chi connectivity index (χ3v) is 3.96. The molecule has 1 rings (SSSR count). The number of likely N-dealkylation sites (N-methyl/N-ethyl adjacent to an activating group) is 1. The Bertz CT molecular complexity index is 389. The second kappa shape index (κ2) is 5.25. The largest absolute Gasteiger partial charge is 0.314 e. The van der Waals surface area contributed by atoms with E-state index in [1.807, 2.05) is 6.92 Å². The predicted octanol–water partition coefficient (Wildman–Crippen LogP) is 0.355. The van der Waals surface area contributed by atoms with Gasteiger partial charge in [0.2, 0.25) is 0 Å². The van der Waals surface area contributed by atoms with E-state index in [1.54, 1.807) is 30.3 Å². The molecule has 0 bridgehead atoms. The lowest BCUT2D eigenvalue weighted by molar-refractivity contribution is 0.570. The van der Waals surface area contributed by atoms with Crippen LogP contribution in [-0.4, -0.2) is 26.9 Å². The molecule has 0 saturated carbocycles. The van der Waals surface area contributed by atoms with Crippen LogP contribution in [0.3, 0.4) is 0 Å². The molecule has 1 aromatic rings. The van der Waals surface area contributed by atoms with Crippen molar-refractivity contribution in [3.8, 4) is 0 Å². The molecule has 5 heteroatoms. The molecular formula is C10H16N2O2S. The first kappa shape index (κ1) is 12.2. The number of hydrogen-bond donors (Lipinski definition) is 2. The van der Waals surface area contributed by atoms with E-state index < -0.39 is 15.2 Å². The number of rotatable bonds is 5. The van der Waals surface area contributed by atoms with Crippen molar-refractivity contribution in [2.45, 2.75) is 17.2 Å². The Morgan fingerprint density at radius 3 is 2.47 bits per heavy atom. The van der Waals surface area contributed by atoms with E-state index in [9.17, 15) is 8.42 Å². The first-order valence-electron chi connectivity index (χ1n) is 4.84. The van der Waals surface area contributed by atoms with Crippen LogP contribution in [-0.2, 0) is 9.84 Å². The van der Waals surface area contributed by atoms with Gasteiger partial charge in [-0.2, -0.15) is 0 Å². The fraction of sp³-hybridized carbons (Fsp3) is 0.400. The van der Waals surface area contributed by atoms with Gasteiger partial charge < -0.3 is 11.1 Å². The van der Waals surface area contributed by atoms with Gasteiger partial charge in [0.15, 0.2) is 9.84 Å². The van der Waals surface area contributed by atoms with Gasteiger partial charge in [-0.1, -0.05) is 25.1 Å². The van der Waals surface area contributed by atoms with E-state index in [0.29, 0.717) is 6.54 Å². The number of hydrogen-bond acceptors (Lipinski definition) is 4. The van der Waals surface area contributed by atoms with E-state index >= 15 is 0 Å². The van der Waals surface area contributed by atoms with E-state index in [0.717, 1.165) is 0 Å². The van der Waals surface area contributed by atoms with Gasteiger partial charge in [-0.05, 0) is 18.7 Å². The second-order valence-electron chi connectivity index (χ2n) is 3.20. The van der Waals surface area contributed by atoms with Crippen molar-refractivity contribution < 1.29 is 8.42 Å². The van der Waals surface area contributed by atoms with Crippen LogP contribution in [0.5, 0.6) is 0 Å². The van der Waals surface area contributed by atoms with Crippen LogP contribution in [0.2, 0.25) is 0 Å². The maximum Gasteiger partial charge on any atom is 0.195 e. The highest BCUT2D eigenvalue weighted by molar-refractivity contribution is 7.92. The van der Waals surface area contributed by atoms with Gasteiger partial charge in [0.25, 0.3) is 0 Å². The first-order valence-corrected chi connectivity index (χ1v) is 6.39. The molecule has 1 atom stereocenters. The van der Waals surface area contributed by atoms with Crippen LogP contribution >= 0.6 is 0 Å². The summed E-state index contributed by atoms with van der Waals surface area (Å²) in [6, 6.07) is 8.26. The number of benzene rings is 1. The molecule has 0 radical (unpaired) electrons. The predicted molar refractivity (Wildman–Crippen MR) is 60.1 cm³/mol. The molecule has 3 N–H and O–H groups in total. The highest BCUT2D eigenvalue weighted by Crippen LogP contribution is 2.12. The number of nitrogens with one attached hydrogen (secondary N) is 1. The van der Waals surface area contributed by atoms with Crippen molar-refractivity contribution in [1.82, 2.24) is 5.32 Å². The summed E-state index contributed by atoms with van der Waals surface area (Å²) in [7, 11) is -3.40. The zero-order chi connectivity index (χ0) is 11.3. The van der Waals surface area contributed by atoms with E-state index in [1.165, 1.54) is 0 Å². The van der Waals surface area contributed by atoms with Crippen molar-refractivity contribution in [2.75, 3.05) is 13.1 Å². The number of sulfone groups is 1. The van der Waals surface area contributed by atoms with Gasteiger partial charge in [0.1, 0.15) is 5.37 Å². The normalized spacial score (nSPS) is 13.7. The van der Waals surface area contributed by atoms with Gasteiger partial charge in [-0.15, -0.1) is 0 Å². The van der Waals surface area contributed by atoms with Crippen LogP contribution in [0.4, 0.5) is 0 Å². The van der Waals surface area contributed by atoms with Gasteiger partial charge in [0.05, 0.1) is 4.90 Å². The molecular weight excluding hydrogens is 212 g/mol. The average molecular weight is 228 g/mol. The molecule has 0 heterocycles. The Hall–Kier alpha value is -0.910. The van der Waals surface area contributed by atoms with Gasteiger partial charge in [-0.3, -0.25) is 0 Å². The maximum absolute atomic E-state index is 11.9. The molecule has 0 fully saturated rings. The standard InChI is InChI=1S/C10H16N2O2S/c1-2-12-8-10(11)15(13,14)9-6-4-3-5-7-9/h3-7,10,12H,2,8,11H2,1H3. The van der Waals surface area contributed by atoms with Crippen LogP contribution < -0.4 is 11.1 Å². The summed E-state index contributed by atoms with van der Waals surface area (Å²) < 4.78 is 23.7. The van der Waals surface area contributed by atoms with E-state index in [4.69, 9.17) is 5.73 Å². The lowest BCUT2D eigenvalue weighted by Gasteiger charge is -2.12. The summed E-state index contributed by atoms with van der Waals surface area (Å²) in [6.07, 6.45) is 0. The Kier molecular flexibility index (Phi) is 4.26. The Balaban J connectivity index is 2.84. The quantitative estimate of drug-likeness (QED) is 0.763. The summed E-state index contributed by atoms with van der Waals surface area (Å²) in [5.41, 5.74) is 5.62. The van der Waals surface area contributed by atoms with Crippen LogP contribution in [0, 0.1) is 0 Å². The fourth-order valence-corrected chi connectivity index (χ4v) is 2.40. The molecule has 0 aromatic heterocycles. The monoisotopic (exact) mass is 228 g/mol. The molecule has 0 amide bonds. The Morgan fingerprint density at radius 1 is 1.33 bits per heavy atom. The van der Waals surface area contributed by atoms with Gasteiger partial charge in [0, 0.05) is 6.54 Å². The minimum Gasteiger partial charge on any atom is -0.314 e. The van der Waals surface area contributed by atoms with Crippen LogP contribution in [0.25, 0.3) is 0 Å². The third-order valence-electron chi connectivity index (χ3n) is 2.07. The summed E-state index contributed by atoms with van der Waals surface area (Å²) in [5, 5.41) is 2.03. The van der Waals surface area contributed by atoms with Crippen molar-refractivity contribution in [1.29, 1.82) is 0 Å². The molecule has 0 aliphatic carbocycles. The topological polar surface area (TPSA) is 72.2 Å². The lowest BCUT2D eigenvalue weighted by Crippen LogP contribution is -2.40. The Morgan fingerprint density at radius 2 is 1.93 bits per heavy atom. The lowest BCUT2D eigenvalue weighted by atomic mass is 10.4. The molecule has 1 unspecified atom stereocenters. The molecule has 15 heavy (non-hydrogen) atoms. The molecule has 0 aliphatic heterocycles. The summed E-state index contributed by atoms with van der Waals surface area (Å²) in [4.78, 5) is 0.274. The van der Waals surface area contributed by atoms with Crippen molar-refractivity contribution >= 4 is 9.84 Å². The molecule has 0 aliphatic rings. The molecule has 0 saturated heterocycles. The highest BCUT2D eigenvalue weighted by atomic mass is 32.2. The SMILES string of the molecule is CCNCC(N)S(=O)(=O)c1ccccc1. The summed E-state index contributed by atoms with van der Waals surface area (Å²) >= 11 is 0. The molecule has 84 valence electrons. The minimum absolute atomic E-state index is 0.272. The minimum atomic E-state index is -3.40. The van der Waals surface area contributed by atoms with Gasteiger partial charge in [-0.25, -0.2) is 8.42 Å². The summed E-state index contributed by atoms with van der Waals surface area (Å²) in [5.74, 6) is 0. The Labute approximate surface area is 90.4 Å². The number of nitrogens with two attached hydrogens (primary N) is 1. The maximum atomic E-state index is 11.9. The molecule has 1 aromatic carbocycles. The van der Waals surface area contributed by atoms with Crippen molar-refractivity contribution in [3.05, 3.63) is 30.3 Å². The van der Waals surface area contributed by atoms with Crippen LogP contribution in [0.15, 0.2) is 35.2 Å². The summed E-state index contributed by atoms with van der Waals surface area (Å²) in [6.45, 7) is 2.88. The van der Waals surface area contributed by atoms with Crippen LogP contribution in [0.1, 0.15) is 6.92 Å². The average Bonchev–Trinajstić information content (AvgIpc) is 2.27. The van der Waals surface area contributed by atoms with Gasteiger partial charge >= 0.3 is 0 Å². The van der Waals surface area contributed by atoms with Crippen molar-refractivity contribution in [2.24, 2.45) is 5.73 Å². The van der Waals surface area contributed by atoms with Crippen molar-refractivity contribution in [3.63, 3.8) is 0 Å². The van der Waals surface area contributed by atoms with E-state index in [-0.39, 0.29) is 11.4 Å². The zero-order valence-corrected chi connectivity index (χ0v) is 9.50. The second-order valence-corrected chi connectivity index (χ2v) is 5.37. The van der Waals surface area contributed by atoms with E-state index in [2.05, 4.69) is 5.32 Å². The zero-order valence-electron chi connectivity index (χ0n) is 8.68. The molecule has 0 spiro atoms. The fourth-order valence-electron chi connectivity index (χ4n) is 1.18. The molecule has 4 nitrogen and oxygen atoms in total. The highest BCUT2D eigenvalue weighted by Gasteiger charge is 2.22. The third kappa shape index (κ3) is 3.02.